The van der Waals surface area contributed by atoms with Crippen molar-refractivity contribution in [2.45, 2.75) is 30.2 Å². The van der Waals surface area contributed by atoms with E-state index >= 15 is 0 Å². The van der Waals surface area contributed by atoms with Crippen LogP contribution in [0.1, 0.15) is 24.8 Å². The van der Waals surface area contributed by atoms with Crippen molar-refractivity contribution in [3.63, 3.8) is 0 Å². The van der Waals surface area contributed by atoms with Gasteiger partial charge in [0.1, 0.15) is 22.3 Å². The third-order valence-electron chi connectivity index (χ3n) is 3.48. The molecule has 1 aromatic carbocycles. The number of rotatable bonds is 4. The Morgan fingerprint density at radius 1 is 1.43 bits per heavy atom. The molecule has 0 bridgehead atoms. The molecule has 0 amide bonds. The summed E-state index contributed by atoms with van der Waals surface area (Å²) in [5, 5.41) is 17.8. The van der Waals surface area contributed by atoms with Gasteiger partial charge in [-0.05, 0) is 31.4 Å². The Balaban J connectivity index is 2.23. The Bertz CT molecular complexity index is 711. The zero-order valence-electron chi connectivity index (χ0n) is 10.9. The lowest BCUT2D eigenvalue weighted by Crippen LogP contribution is -2.34. The number of nitrogens with one attached hydrogen (secondary N) is 1. The van der Waals surface area contributed by atoms with Gasteiger partial charge in [-0.25, -0.2) is 17.5 Å². The fourth-order valence-electron chi connectivity index (χ4n) is 2.43. The van der Waals surface area contributed by atoms with E-state index in [4.69, 9.17) is 10.4 Å². The van der Waals surface area contributed by atoms with Crippen LogP contribution in [0.5, 0.6) is 0 Å². The van der Waals surface area contributed by atoms with Gasteiger partial charge in [0, 0.05) is 6.04 Å². The number of carboxylic acid groups (broad SMARTS) is 1. The third-order valence-corrected chi connectivity index (χ3v) is 5.04. The summed E-state index contributed by atoms with van der Waals surface area (Å²) < 4.78 is 40.3. The van der Waals surface area contributed by atoms with Crippen LogP contribution in [0.3, 0.4) is 0 Å². The van der Waals surface area contributed by atoms with Crippen LogP contribution in [-0.2, 0) is 14.8 Å². The first kappa shape index (κ1) is 15.4. The van der Waals surface area contributed by atoms with Gasteiger partial charge in [0.05, 0.1) is 5.92 Å². The van der Waals surface area contributed by atoms with Crippen LogP contribution >= 0.6 is 0 Å². The summed E-state index contributed by atoms with van der Waals surface area (Å²) in [6.45, 7) is 0. The molecule has 2 N–H and O–H groups in total. The lowest BCUT2D eigenvalue weighted by Gasteiger charge is -2.14. The number of hydrogen-bond acceptors (Lipinski definition) is 4. The van der Waals surface area contributed by atoms with Gasteiger partial charge in [0.15, 0.2) is 0 Å². The van der Waals surface area contributed by atoms with E-state index in [1.807, 2.05) is 0 Å². The molecule has 1 aliphatic rings. The molecule has 21 heavy (non-hydrogen) atoms. The summed E-state index contributed by atoms with van der Waals surface area (Å²) in [5.74, 6) is -2.45. The van der Waals surface area contributed by atoms with Crippen LogP contribution in [0.15, 0.2) is 23.1 Å². The SMILES string of the molecule is N#Cc1c(F)cccc1S(=O)(=O)N[C@H]1CC[C@@H](C(=O)O)C1. The second-order valence-electron chi connectivity index (χ2n) is 4.89. The van der Waals surface area contributed by atoms with Crippen molar-refractivity contribution in [1.29, 1.82) is 5.26 Å². The van der Waals surface area contributed by atoms with Crippen molar-refractivity contribution >= 4 is 16.0 Å². The summed E-state index contributed by atoms with van der Waals surface area (Å²) >= 11 is 0. The van der Waals surface area contributed by atoms with Gasteiger partial charge in [-0.1, -0.05) is 6.07 Å². The molecular weight excluding hydrogens is 299 g/mol. The number of nitrogens with zero attached hydrogens (tertiary/aromatic N) is 1. The van der Waals surface area contributed by atoms with Crippen molar-refractivity contribution in [1.82, 2.24) is 4.72 Å². The molecule has 0 heterocycles. The molecule has 0 aromatic heterocycles. The summed E-state index contributed by atoms with van der Waals surface area (Å²) in [7, 11) is -4.06. The van der Waals surface area contributed by atoms with Crippen LogP contribution < -0.4 is 4.72 Å². The summed E-state index contributed by atoms with van der Waals surface area (Å²) in [5.41, 5.74) is -0.544. The molecule has 1 aromatic rings. The molecule has 112 valence electrons. The molecule has 0 unspecified atom stereocenters. The van der Waals surface area contributed by atoms with E-state index in [1.165, 1.54) is 12.1 Å². The molecule has 6 nitrogen and oxygen atoms in total. The van der Waals surface area contributed by atoms with E-state index in [0.717, 1.165) is 12.1 Å². The van der Waals surface area contributed by atoms with Crippen molar-refractivity contribution in [3.8, 4) is 6.07 Å². The van der Waals surface area contributed by atoms with Gasteiger partial charge < -0.3 is 5.11 Å². The molecule has 0 aliphatic heterocycles. The predicted octanol–water partition coefficient (Wildman–Crippen LogP) is 1.23. The van der Waals surface area contributed by atoms with Gasteiger partial charge in [0.2, 0.25) is 10.0 Å². The van der Waals surface area contributed by atoms with Crippen molar-refractivity contribution < 1.29 is 22.7 Å². The maximum Gasteiger partial charge on any atom is 0.306 e. The molecule has 8 heteroatoms. The van der Waals surface area contributed by atoms with Crippen molar-refractivity contribution in [2.75, 3.05) is 0 Å². The average molecular weight is 312 g/mol. The van der Waals surface area contributed by atoms with E-state index < -0.39 is 44.2 Å². The number of nitriles is 1. The Morgan fingerprint density at radius 3 is 2.71 bits per heavy atom. The quantitative estimate of drug-likeness (QED) is 0.869. The Labute approximate surface area is 121 Å². The van der Waals surface area contributed by atoms with Crippen LogP contribution in [0.25, 0.3) is 0 Å². The first-order chi connectivity index (χ1) is 9.85. The highest BCUT2D eigenvalue weighted by atomic mass is 32.2. The van der Waals surface area contributed by atoms with Crippen molar-refractivity contribution in [2.24, 2.45) is 5.92 Å². The fraction of sp³-hybridized carbons (Fsp3) is 0.385. The van der Waals surface area contributed by atoms with E-state index in [0.29, 0.717) is 12.8 Å². The molecule has 2 atom stereocenters. The summed E-state index contributed by atoms with van der Waals surface area (Å²) in [4.78, 5) is 10.4. The largest absolute Gasteiger partial charge is 0.481 e. The Kier molecular flexibility index (Phi) is 4.25. The number of carbonyl (C=O) groups is 1. The smallest absolute Gasteiger partial charge is 0.306 e. The normalized spacial score (nSPS) is 21.9. The zero-order valence-corrected chi connectivity index (χ0v) is 11.7. The Hall–Kier alpha value is -1.98. The van der Waals surface area contributed by atoms with Gasteiger partial charge in [-0.2, -0.15) is 5.26 Å². The first-order valence-electron chi connectivity index (χ1n) is 6.29. The molecule has 0 spiro atoms. The maximum absolute atomic E-state index is 13.5. The summed E-state index contributed by atoms with van der Waals surface area (Å²) in [6, 6.07) is 4.37. The number of halogens is 1. The molecule has 2 rings (SSSR count). The van der Waals surface area contributed by atoms with Gasteiger partial charge in [0.25, 0.3) is 0 Å². The molecule has 1 fully saturated rings. The fourth-order valence-corrected chi connectivity index (χ4v) is 3.88. The highest BCUT2D eigenvalue weighted by molar-refractivity contribution is 7.89. The van der Waals surface area contributed by atoms with E-state index in [2.05, 4.69) is 4.72 Å². The highest BCUT2D eigenvalue weighted by Gasteiger charge is 2.33. The van der Waals surface area contributed by atoms with Crippen molar-refractivity contribution in [3.05, 3.63) is 29.6 Å². The molecular formula is C13H13FN2O4S. The van der Waals surface area contributed by atoms with E-state index in [-0.39, 0.29) is 6.42 Å². The molecule has 0 saturated heterocycles. The lowest BCUT2D eigenvalue weighted by atomic mass is 10.1. The number of hydrogen-bond donors (Lipinski definition) is 2. The maximum atomic E-state index is 13.5. The molecule has 1 aliphatic carbocycles. The van der Waals surface area contributed by atoms with Gasteiger partial charge in [-0.15, -0.1) is 0 Å². The second kappa shape index (κ2) is 5.79. The molecule has 1 saturated carbocycles. The number of carboxylic acids is 1. The minimum atomic E-state index is -4.06. The van der Waals surface area contributed by atoms with Crippen LogP contribution in [0.4, 0.5) is 4.39 Å². The van der Waals surface area contributed by atoms with E-state index in [1.54, 1.807) is 0 Å². The lowest BCUT2D eigenvalue weighted by molar-refractivity contribution is -0.141. The highest BCUT2D eigenvalue weighted by Crippen LogP contribution is 2.27. The third kappa shape index (κ3) is 3.20. The number of benzene rings is 1. The minimum Gasteiger partial charge on any atom is -0.481 e. The second-order valence-corrected chi connectivity index (χ2v) is 6.57. The van der Waals surface area contributed by atoms with Gasteiger partial charge >= 0.3 is 5.97 Å². The predicted molar refractivity (Wildman–Crippen MR) is 70.2 cm³/mol. The monoisotopic (exact) mass is 312 g/mol. The summed E-state index contributed by atoms with van der Waals surface area (Å²) in [6.07, 6.45) is 0.968. The van der Waals surface area contributed by atoms with Crippen LogP contribution in [0, 0.1) is 23.1 Å². The average Bonchev–Trinajstić information content (AvgIpc) is 2.86. The number of sulfonamides is 1. The van der Waals surface area contributed by atoms with E-state index in [9.17, 15) is 17.6 Å². The van der Waals surface area contributed by atoms with Crippen LogP contribution in [0.2, 0.25) is 0 Å². The molecule has 0 radical (unpaired) electrons. The standard InChI is InChI=1S/C13H13FN2O4S/c14-11-2-1-3-12(10(11)7-15)21(19,20)16-9-5-4-8(6-9)13(17)18/h1-3,8-9,16H,4-6H2,(H,17,18)/t8-,9+/m1/s1. The first-order valence-corrected chi connectivity index (χ1v) is 7.77. The zero-order chi connectivity index (χ0) is 15.6. The van der Waals surface area contributed by atoms with Crippen LogP contribution in [-0.4, -0.2) is 25.5 Å². The minimum absolute atomic E-state index is 0.186. The number of aliphatic carboxylic acids is 1. The Morgan fingerprint density at radius 2 is 2.14 bits per heavy atom. The topological polar surface area (TPSA) is 107 Å². The van der Waals surface area contributed by atoms with Gasteiger partial charge in [-0.3, -0.25) is 4.79 Å².